The van der Waals surface area contributed by atoms with Gasteiger partial charge in [0.15, 0.2) is 0 Å². The Balaban J connectivity index is 2.64. The molecule has 0 aliphatic carbocycles. The molecule has 0 radical (unpaired) electrons. The molecule has 80 valence electrons. The molecule has 2 aromatic rings. The molecule has 0 atom stereocenters. The van der Waals surface area contributed by atoms with Crippen LogP contribution in [0.4, 0.5) is 0 Å². The Morgan fingerprint density at radius 1 is 1.40 bits per heavy atom. The summed E-state index contributed by atoms with van der Waals surface area (Å²) in [6, 6.07) is 5.53. The summed E-state index contributed by atoms with van der Waals surface area (Å²) in [7, 11) is 1.93. The molecule has 0 aliphatic heterocycles. The molecule has 0 amide bonds. The van der Waals surface area contributed by atoms with E-state index in [4.69, 9.17) is 0 Å². The lowest BCUT2D eigenvalue weighted by molar-refractivity contribution is 0.476. The molecule has 0 spiro atoms. The zero-order valence-corrected chi connectivity index (χ0v) is 9.12. The van der Waals surface area contributed by atoms with Gasteiger partial charge in [0.25, 0.3) is 0 Å². The van der Waals surface area contributed by atoms with Crippen molar-refractivity contribution in [3.8, 4) is 5.75 Å². The molecule has 1 heterocycles. The number of aryl methyl sites for hydroxylation is 1. The largest absolute Gasteiger partial charge is 0.508 e. The van der Waals surface area contributed by atoms with Crippen molar-refractivity contribution in [3.05, 3.63) is 30.0 Å². The van der Waals surface area contributed by atoms with Gasteiger partial charge in [-0.3, -0.25) is 0 Å². The molecule has 1 aromatic carbocycles. The van der Waals surface area contributed by atoms with E-state index in [0.29, 0.717) is 5.75 Å². The van der Waals surface area contributed by atoms with E-state index in [1.54, 1.807) is 6.07 Å². The monoisotopic (exact) mass is 204 g/mol. The van der Waals surface area contributed by atoms with Crippen LogP contribution in [0.15, 0.2) is 24.4 Å². The van der Waals surface area contributed by atoms with Gasteiger partial charge in [-0.05, 0) is 37.7 Å². The Labute approximate surface area is 89.3 Å². The highest BCUT2D eigenvalue weighted by molar-refractivity contribution is 5.85. The molecule has 2 rings (SSSR count). The molecule has 1 aromatic heterocycles. The lowest BCUT2D eigenvalue weighted by atomic mass is 10.1. The molecule has 3 heteroatoms. The molecule has 3 nitrogen and oxygen atoms in total. The van der Waals surface area contributed by atoms with Gasteiger partial charge in [0.1, 0.15) is 5.75 Å². The van der Waals surface area contributed by atoms with Crippen molar-refractivity contribution in [3.63, 3.8) is 0 Å². The van der Waals surface area contributed by atoms with E-state index in [1.165, 1.54) is 11.1 Å². The minimum absolute atomic E-state index is 0.328. The van der Waals surface area contributed by atoms with Crippen LogP contribution in [0.5, 0.6) is 5.75 Å². The lowest BCUT2D eigenvalue weighted by Crippen LogP contribution is -2.04. The molecule has 0 unspecified atom stereocenters. The first-order chi connectivity index (χ1) is 7.26. The SMILES string of the molecule is CCn1cc(CNC)c2cc(O)ccc21. The molecule has 0 bridgehead atoms. The number of phenols is 1. The number of hydrogen-bond donors (Lipinski definition) is 2. The number of aromatic hydroxyl groups is 1. The first kappa shape index (κ1) is 10.1. The predicted octanol–water partition coefficient (Wildman–Crippen LogP) is 2.09. The maximum Gasteiger partial charge on any atom is 0.116 e. The fraction of sp³-hybridized carbons (Fsp3) is 0.333. The van der Waals surface area contributed by atoms with Crippen LogP contribution < -0.4 is 5.32 Å². The summed E-state index contributed by atoms with van der Waals surface area (Å²) in [5, 5.41) is 13.7. The van der Waals surface area contributed by atoms with Crippen molar-refractivity contribution in [2.24, 2.45) is 0 Å². The standard InChI is InChI=1S/C12H16N2O/c1-3-14-8-9(7-13-2)11-6-10(15)4-5-12(11)14/h4-6,8,13,15H,3,7H2,1-2H3. The predicted molar refractivity (Wildman–Crippen MR) is 62.0 cm³/mol. The van der Waals surface area contributed by atoms with E-state index in [9.17, 15) is 5.11 Å². The van der Waals surface area contributed by atoms with E-state index in [-0.39, 0.29) is 0 Å². The fourth-order valence-electron chi connectivity index (χ4n) is 1.95. The molecule has 0 fully saturated rings. The van der Waals surface area contributed by atoms with E-state index >= 15 is 0 Å². The van der Waals surface area contributed by atoms with E-state index < -0.39 is 0 Å². The number of nitrogens with zero attached hydrogens (tertiary/aromatic N) is 1. The van der Waals surface area contributed by atoms with Gasteiger partial charge in [-0.15, -0.1) is 0 Å². The molecule has 0 saturated carbocycles. The number of phenolic OH excluding ortho intramolecular Hbond substituents is 1. The van der Waals surface area contributed by atoms with Crippen LogP contribution in [0.2, 0.25) is 0 Å². The number of aromatic nitrogens is 1. The van der Waals surface area contributed by atoms with Gasteiger partial charge < -0.3 is 15.0 Å². The van der Waals surface area contributed by atoms with Gasteiger partial charge in [-0.1, -0.05) is 0 Å². The molecule has 15 heavy (non-hydrogen) atoms. The van der Waals surface area contributed by atoms with Gasteiger partial charge in [-0.25, -0.2) is 0 Å². The summed E-state index contributed by atoms with van der Waals surface area (Å²) in [6.07, 6.45) is 2.14. The fourth-order valence-corrected chi connectivity index (χ4v) is 1.95. The maximum atomic E-state index is 9.48. The Morgan fingerprint density at radius 3 is 2.87 bits per heavy atom. The summed E-state index contributed by atoms with van der Waals surface area (Å²) in [5.41, 5.74) is 2.41. The number of nitrogens with one attached hydrogen (secondary N) is 1. The van der Waals surface area contributed by atoms with Gasteiger partial charge in [0.05, 0.1) is 0 Å². The van der Waals surface area contributed by atoms with Crippen LogP contribution >= 0.6 is 0 Å². The average molecular weight is 204 g/mol. The second kappa shape index (κ2) is 3.95. The smallest absolute Gasteiger partial charge is 0.116 e. The highest BCUT2D eigenvalue weighted by Crippen LogP contribution is 2.25. The second-order valence-electron chi connectivity index (χ2n) is 3.67. The van der Waals surface area contributed by atoms with Crippen LogP contribution in [-0.4, -0.2) is 16.7 Å². The van der Waals surface area contributed by atoms with Gasteiger partial charge in [0, 0.05) is 30.2 Å². The summed E-state index contributed by atoms with van der Waals surface area (Å²) in [4.78, 5) is 0. The van der Waals surface area contributed by atoms with Crippen molar-refractivity contribution in [2.75, 3.05) is 7.05 Å². The van der Waals surface area contributed by atoms with Crippen molar-refractivity contribution in [2.45, 2.75) is 20.0 Å². The molecule has 2 N–H and O–H groups in total. The number of fused-ring (bicyclic) bond motifs is 1. The third-order valence-electron chi connectivity index (χ3n) is 2.66. The summed E-state index contributed by atoms with van der Waals surface area (Å²) >= 11 is 0. The quantitative estimate of drug-likeness (QED) is 0.803. The van der Waals surface area contributed by atoms with E-state index in [2.05, 4.69) is 23.0 Å². The van der Waals surface area contributed by atoms with E-state index in [0.717, 1.165) is 18.5 Å². The van der Waals surface area contributed by atoms with Crippen LogP contribution in [0, 0.1) is 0 Å². The minimum Gasteiger partial charge on any atom is -0.508 e. The summed E-state index contributed by atoms with van der Waals surface area (Å²) < 4.78 is 2.20. The molecule has 0 saturated heterocycles. The summed E-state index contributed by atoms with van der Waals surface area (Å²) in [5.74, 6) is 0.328. The summed E-state index contributed by atoms with van der Waals surface area (Å²) in [6.45, 7) is 3.90. The Hall–Kier alpha value is -1.48. The Kier molecular flexibility index (Phi) is 2.64. The molecular formula is C12H16N2O. The Bertz CT molecular complexity index is 474. The van der Waals surface area contributed by atoms with Gasteiger partial charge >= 0.3 is 0 Å². The zero-order valence-electron chi connectivity index (χ0n) is 9.12. The van der Waals surface area contributed by atoms with Crippen LogP contribution in [0.3, 0.4) is 0 Å². The topological polar surface area (TPSA) is 37.2 Å². The molecule has 0 aliphatic rings. The second-order valence-corrected chi connectivity index (χ2v) is 3.67. The van der Waals surface area contributed by atoms with E-state index in [1.807, 2.05) is 19.2 Å². The first-order valence-electron chi connectivity index (χ1n) is 5.21. The van der Waals surface area contributed by atoms with Crippen molar-refractivity contribution in [1.29, 1.82) is 0 Å². The van der Waals surface area contributed by atoms with Crippen molar-refractivity contribution < 1.29 is 5.11 Å². The van der Waals surface area contributed by atoms with Gasteiger partial charge in [-0.2, -0.15) is 0 Å². The average Bonchev–Trinajstić information content (AvgIpc) is 2.57. The number of rotatable bonds is 3. The highest BCUT2D eigenvalue weighted by Gasteiger charge is 2.07. The lowest BCUT2D eigenvalue weighted by Gasteiger charge is -1.99. The Morgan fingerprint density at radius 2 is 2.20 bits per heavy atom. The van der Waals surface area contributed by atoms with Crippen LogP contribution in [-0.2, 0) is 13.1 Å². The minimum atomic E-state index is 0.328. The van der Waals surface area contributed by atoms with Crippen LogP contribution in [0.1, 0.15) is 12.5 Å². The zero-order chi connectivity index (χ0) is 10.8. The normalized spacial score (nSPS) is 11.1. The molecular weight excluding hydrogens is 188 g/mol. The maximum absolute atomic E-state index is 9.48. The van der Waals surface area contributed by atoms with Crippen molar-refractivity contribution in [1.82, 2.24) is 9.88 Å². The van der Waals surface area contributed by atoms with Crippen LogP contribution in [0.25, 0.3) is 10.9 Å². The third kappa shape index (κ3) is 1.70. The first-order valence-corrected chi connectivity index (χ1v) is 5.21. The highest BCUT2D eigenvalue weighted by atomic mass is 16.3. The third-order valence-corrected chi connectivity index (χ3v) is 2.66. The number of hydrogen-bond acceptors (Lipinski definition) is 2. The van der Waals surface area contributed by atoms with Gasteiger partial charge in [0.2, 0.25) is 0 Å². The van der Waals surface area contributed by atoms with Crippen molar-refractivity contribution >= 4 is 10.9 Å². The number of benzene rings is 1.